The Bertz CT molecular complexity index is 1350. The van der Waals surface area contributed by atoms with Crippen LogP contribution in [0.1, 0.15) is 19.3 Å². The molecule has 0 aliphatic heterocycles. The fourth-order valence-electron chi connectivity index (χ4n) is 9.40. The van der Waals surface area contributed by atoms with Crippen LogP contribution in [0.2, 0.25) is 195 Å². The van der Waals surface area contributed by atoms with Gasteiger partial charge in [-0.1, -0.05) is 0 Å². The largest absolute Gasteiger partial charge is 0.437 e. The number of ether oxygens (including phenoxy) is 3. The molecular formula is C41H108O14Si12. The Balaban J connectivity index is 5.99. The van der Waals surface area contributed by atoms with Crippen molar-refractivity contribution in [2.45, 2.75) is 232 Å². The fraction of sp³-hybridized carbons (Fsp3) is 1.00. The van der Waals surface area contributed by atoms with E-state index in [1.165, 1.54) is 0 Å². The van der Waals surface area contributed by atoms with Gasteiger partial charge in [-0.05, 0) is 214 Å². The second kappa shape index (κ2) is 27.2. The number of aliphatic hydroxyl groups excluding tert-OH is 2. The van der Waals surface area contributed by atoms with Gasteiger partial charge in [0.2, 0.25) is 0 Å². The maximum Gasteiger partial charge on any atom is 0.312 e. The molecule has 2 unspecified atom stereocenters. The van der Waals surface area contributed by atoms with Crippen LogP contribution in [-0.4, -0.2) is 163 Å². The minimum atomic E-state index is -2.49. The van der Waals surface area contributed by atoms with Crippen molar-refractivity contribution < 1.29 is 61.5 Å². The number of hydrogen-bond acceptors (Lipinski definition) is 14. The van der Waals surface area contributed by atoms with Crippen molar-refractivity contribution in [2.24, 2.45) is 0 Å². The number of hydrogen-bond donors (Lipinski definition) is 2. The van der Waals surface area contributed by atoms with E-state index in [9.17, 15) is 10.2 Å². The molecule has 0 fully saturated rings. The standard InChI is InChI=1S/C41H108O14Si12/c1-56(2,3)47-62(16,17)53-65(22,23)50-59(10,11)34-28-31-44-39(37-42)41(46-33-30-36-61(14,15)52-67(26,27)55-64(20,21)49-58(7,8)9)40(38-43)45-32-29-35-60(12,13)51-66(24,25)54-63(18,19)48-57(4,5)6/h39-43H,28-38H2,1-27H3. The lowest BCUT2D eigenvalue weighted by atomic mass is 10.1. The molecule has 26 heteroatoms. The second-order valence-electron chi connectivity index (χ2n) is 25.8. The highest BCUT2D eigenvalue weighted by molar-refractivity contribution is 6.91. The normalized spacial score (nSPS) is 16.4. The highest BCUT2D eigenvalue weighted by atomic mass is 28.5. The Morgan fingerprint density at radius 1 is 0.284 bits per heavy atom. The van der Waals surface area contributed by atoms with Gasteiger partial charge in [0, 0.05) is 19.8 Å². The average molecular weight is 1160 g/mol. The van der Waals surface area contributed by atoms with Crippen molar-refractivity contribution in [3.63, 3.8) is 0 Å². The maximum absolute atomic E-state index is 10.8. The maximum atomic E-state index is 10.8. The molecule has 67 heavy (non-hydrogen) atoms. The Kier molecular flexibility index (Phi) is 28.0. The molecule has 2 N–H and O–H groups in total. The van der Waals surface area contributed by atoms with Crippen LogP contribution in [0.4, 0.5) is 0 Å². The molecule has 0 heterocycles. The molecule has 14 nitrogen and oxygen atoms in total. The molecule has 0 amide bonds. The summed E-state index contributed by atoms with van der Waals surface area (Å²) >= 11 is 0. The number of aliphatic hydroxyl groups is 2. The summed E-state index contributed by atoms with van der Waals surface area (Å²) in [6.45, 7) is 59.3. The van der Waals surface area contributed by atoms with Crippen LogP contribution in [0.25, 0.3) is 0 Å². The van der Waals surface area contributed by atoms with Crippen LogP contribution in [0.5, 0.6) is 0 Å². The van der Waals surface area contributed by atoms with E-state index >= 15 is 0 Å². The lowest BCUT2D eigenvalue weighted by Crippen LogP contribution is -2.56. The van der Waals surface area contributed by atoms with Crippen molar-refractivity contribution in [1.82, 2.24) is 0 Å². The molecule has 0 saturated carbocycles. The Morgan fingerprint density at radius 3 is 0.701 bits per heavy atom. The molecule has 0 radical (unpaired) electrons. The monoisotopic (exact) mass is 1160 g/mol. The van der Waals surface area contributed by atoms with Gasteiger partial charge in [0.25, 0.3) is 0 Å². The van der Waals surface area contributed by atoms with Gasteiger partial charge < -0.3 is 61.5 Å². The third-order valence-corrected chi connectivity index (χ3v) is 51.8. The quantitative estimate of drug-likeness (QED) is 0.0448. The zero-order valence-electron chi connectivity index (χ0n) is 48.3. The van der Waals surface area contributed by atoms with Gasteiger partial charge in [-0.3, -0.25) is 0 Å². The molecule has 0 rings (SSSR count). The first-order valence-corrected chi connectivity index (χ1v) is 61.4. The Morgan fingerprint density at radius 2 is 0.493 bits per heavy atom. The molecule has 0 saturated heterocycles. The van der Waals surface area contributed by atoms with E-state index in [0.29, 0.717) is 19.8 Å². The van der Waals surface area contributed by atoms with Gasteiger partial charge in [0.1, 0.15) is 18.3 Å². The van der Waals surface area contributed by atoms with Crippen LogP contribution in [0.15, 0.2) is 0 Å². The molecule has 404 valence electrons. The van der Waals surface area contributed by atoms with E-state index in [1.54, 1.807) is 0 Å². The van der Waals surface area contributed by atoms with Crippen LogP contribution in [-0.2, 0) is 51.2 Å². The zero-order valence-corrected chi connectivity index (χ0v) is 60.3. The van der Waals surface area contributed by atoms with Crippen molar-refractivity contribution in [1.29, 1.82) is 0 Å². The molecule has 0 aromatic heterocycles. The SMILES string of the molecule is C[Si](C)(C)O[Si](C)(C)O[Si](C)(C)O[Si](C)(C)CCCOC(CO)C(OCCC[Si](C)(C)O[Si](C)(C)O[Si](C)(C)O[Si](C)(C)C)C(CO)OCCC[Si](C)(C)O[Si](C)(C)O[Si](C)(C)O[Si](C)(C)C. The molecular weight excluding hydrogens is 1050 g/mol. The summed E-state index contributed by atoms with van der Waals surface area (Å²) < 4.78 is 79.5. The highest BCUT2D eigenvalue weighted by Gasteiger charge is 2.45. The van der Waals surface area contributed by atoms with E-state index < -0.39 is 120 Å². The van der Waals surface area contributed by atoms with Gasteiger partial charge in [-0.15, -0.1) is 0 Å². The van der Waals surface area contributed by atoms with Gasteiger partial charge in [-0.2, -0.15) is 0 Å². The van der Waals surface area contributed by atoms with Crippen LogP contribution in [0.3, 0.4) is 0 Å². The summed E-state index contributed by atoms with van der Waals surface area (Å²) in [6, 6.07) is 2.57. The summed E-state index contributed by atoms with van der Waals surface area (Å²) in [7, 11) is -26.3. The fourth-order valence-corrected chi connectivity index (χ4v) is 64.7. The van der Waals surface area contributed by atoms with Gasteiger partial charge in [0.15, 0.2) is 49.9 Å². The predicted molar refractivity (Wildman–Crippen MR) is 309 cm³/mol. The third-order valence-electron chi connectivity index (χ3n) is 9.53. The first-order chi connectivity index (χ1) is 29.5. The topological polar surface area (TPSA) is 151 Å². The summed E-state index contributed by atoms with van der Waals surface area (Å²) in [5, 5.41) is 21.6. The van der Waals surface area contributed by atoms with E-state index in [-0.39, 0.29) is 13.2 Å². The summed E-state index contributed by atoms with van der Waals surface area (Å²) in [6.07, 6.45) is 0.139. The van der Waals surface area contributed by atoms with Crippen molar-refractivity contribution in [3.8, 4) is 0 Å². The lowest BCUT2D eigenvalue weighted by molar-refractivity contribution is -0.159. The van der Waals surface area contributed by atoms with Crippen molar-refractivity contribution in [2.75, 3.05) is 33.0 Å². The van der Waals surface area contributed by atoms with Crippen LogP contribution in [0, 0.1) is 0 Å². The highest BCUT2D eigenvalue weighted by Crippen LogP contribution is 2.30. The van der Waals surface area contributed by atoms with Gasteiger partial charge >= 0.3 is 51.4 Å². The Hall–Kier alpha value is 2.04. The molecule has 0 spiro atoms. The van der Waals surface area contributed by atoms with Crippen molar-refractivity contribution in [3.05, 3.63) is 0 Å². The zero-order chi connectivity index (χ0) is 53.0. The molecule has 2 atom stereocenters. The van der Waals surface area contributed by atoms with E-state index in [0.717, 1.165) is 37.4 Å². The summed E-state index contributed by atoms with van der Waals surface area (Å²) in [4.78, 5) is 0. The summed E-state index contributed by atoms with van der Waals surface area (Å²) in [5.41, 5.74) is 0. The Labute approximate surface area is 425 Å². The molecule has 0 aromatic rings. The molecule has 0 bridgehead atoms. The summed E-state index contributed by atoms with van der Waals surface area (Å²) in [5.74, 6) is 0. The first-order valence-electron chi connectivity index (χ1n) is 24.9. The van der Waals surface area contributed by atoms with E-state index in [2.05, 4.69) is 177 Å². The van der Waals surface area contributed by atoms with Gasteiger partial charge in [-0.25, -0.2) is 0 Å². The van der Waals surface area contributed by atoms with Crippen LogP contribution < -0.4 is 0 Å². The third kappa shape index (κ3) is 35.0. The minimum absolute atomic E-state index is 0.277. The average Bonchev–Trinajstić information content (AvgIpc) is 2.98. The molecule has 0 aromatic carbocycles. The second-order valence-corrected chi connectivity index (χ2v) is 74.6. The molecule has 0 aliphatic rings. The minimum Gasteiger partial charge on any atom is -0.437 e. The van der Waals surface area contributed by atoms with Gasteiger partial charge in [0.05, 0.1) is 13.2 Å². The lowest BCUT2D eigenvalue weighted by Gasteiger charge is -2.40. The molecule has 0 aliphatic carbocycles. The van der Waals surface area contributed by atoms with E-state index in [4.69, 9.17) is 51.2 Å². The predicted octanol–water partition coefficient (Wildman–Crippen LogP) is 11.8. The first kappa shape index (κ1) is 69.0. The smallest absolute Gasteiger partial charge is 0.312 e. The van der Waals surface area contributed by atoms with Crippen molar-refractivity contribution >= 4 is 101 Å². The van der Waals surface area contributed by atoms with E-state index in [1.807, 2.05) is 0 Å². The number of rotatable bonds is 37. The van der Waals surface area contributed by atoms with Crippen LogP contribution >= 0.6 is 0 Å².